The minimum atomic E-state index is -1.25. The average molecular weight is 778 g/mol. The Balaban J connectivity index is 1.24. The van der Waals surface area contributed by atoms with Crippen LogP contribution in [-0.4, -0.2) is 77.9 Å². The summed E-state index contributed by atoms with van der Waals surface area (Å²) < 4.78 is 30.6. The number of phenolic OH excluding ortho intramolecular Hbond substituents is 1. The zero-order valence-electron chi connectivity index (χ0n) is 31.8. The van der Waals surface area contributed by atoms with Gasteiger partial charge in [-0.2, -0.15) is 5.26 Å². The number of aryl methyl sites for hydroxylation is 2. The zero-order valence-corrected chi connectivity index (χ0v) is 32.6. The lowest BCUT2D eigenvalue weighted by Gasteiger charge is -2.59. The summed E-state index contributed by atoms with van der Waals surface area (Å²) in [5.74, 6) is 1.26. The number of piperazine rings is 1. The number of benzene rings is 3. The van der Waals surface area contributed by atoms with E-state index < -0.39 is 40.9 Å². The second-order valence-corrected chi connectivity index (χ2v) is 17.0. The van der Waals surface area contributed by atoms with Gasteiger partial charge in [0.15, 0.2) is 28.5 Å². The van der Waals surface area contributed by atoms with Crippen LogP contribution >= 0.6 is 11.8 Å². The third kappa shape index (κ3) is 4.84. The molecule has 11 rings (SSSR count). The summed E-state index contributed by atoms with van der Waals surface area (Å²) in [6, 6.07) is 8.62. The summed E-state index contributed by atoms with van der Waals surface area (Å²) in [4.78, 5) is 33.6. The quantitative estimate of drug-likeness (QED) is 0.157. The second-order valence-electron chi connectivity index (χ2n) is 15.8. The SMILES string of the molecule is COc1c(C)cc2c(c1O)C1NC(C2)[C@H](C#N)N2[C@H]1[C@@H]1SC[C@]3(NCCc4c3[nH]c3ccc(C)cc43)C(=O)OCC[C@H]2c2c3c(c(C)c(OC(C)=O)c21)OCO3. The maximum absolute atomic E-state index is 14.8. The van der Waals surface area contributed by atoms with Crippen LogP contribution in [0.3, 0.4) is 0 Å². The summed E-state index contributed by atoms with van der Waals surface area (Å²) >= 11 is 1.55. The molecule has 1 aromatic heterocycles. The van der Waals surface area contributed by atoms with E-state index in [0.29, 0.717) is 47.9 Å². The van der Waals surface area contributed by atoms with Crippen LogP contribution in [0.1, 0.15) is 80.9 Å². The topological polar surface area (TPSA) is 167 Å². The Morgan fingerprint density at radius 1 is 1.11 bits per heavy atom. The van der Waals surface area contributed by atoms with E-state index in [1.54, 1.807) is 18.9 Å². The number of nitrogens with zero attached hydrogens (tertiary/aromatic N) is 2. The normalized spacial score (nSPS) is 28.7. The van der Waals surface area contributed by atoms with Crippen LogP contribution in [-0.2, 0) is 32.7 Å². The van der Waals surface area contributed by atoms with Crippen molar-refractivity contribution in [2.45, 2.75) is 88.0 Å². The molecule has 4 aromatic rings. The van der Waals surface area contributed by atoms with Gasteiger partial charge in [0.1, 0.15) is 11.8 Å². The molecule has 290 valence electrons. The predicted octanol–water partition coefficient (Wildman–Crippen LogP) is 5.11. The highest BCUT2D eigenvalue weighted by Crippen LogP contribution is 2.63. The van der Waals surface area contributed by atoms with Gasteiger partial charge >= 0.3 is 11.9 Å². The number of nitriles is 1. The Hall–Kier alpha value is -4.94. The third-order valence-electron chi connectivity index (χ3n) is 12.8. The molecular weight excluding hydrogens is 735 g/mol. The third-order valence-corrected chi connectivity index (χ3v) is 14.3. The number of ether oxygens (including phenoxy) is 5. The second kappa shape index (κ2) is 12.8. The largest absolute Gasteiger partial charge is 0.504 e. The van der Waals surface area contributed by atoms with Gasteiger partial charge in [0.2, 0.25) is 6.79 Å². The van der Waals surface area contributed by atoms with Crippen molar-refractivity contribution >= 4 is 34.6 Å². The number of carbonyl (C=O) groups is 2. The van der Waals surface area contributed by atoms with Gasteiger partial charge in [-0.1, -0.05) is 17.7 Å². The number of phenols is 1. The van der Waals surface area contributed by atoms with E-state index in [9.17, 15) is 20.0 Å². The number of aromatic amines is 1. The average Bonchev–Trinajstić information content (AvgIpc) is 3.81. The Labute approximate surface area is 327 Å². The number of carbonyl (C=O) groups excluding carboxylic acids is 2. The molecule has 2 fully saturated rings. The maximum Gasteiger partial charge on any atom is 0.333 e. The van der Waals surface area contributed by atoms with Crippen molar-refractivity contribution in [1.82, 2.24) is 20.5 Å². The lowest BCUT2D eigenvalue weighted by atomic mass is 9.72. The monoisotopic (exact) mass is 777 g/mol. The molecule has 14 heteroatoms. The fourth-order valence-corrected chi connectivity index (χ4v) is 12.3. The number of hydrogen-bond donors (Lipinski definition) is 4. The molecule has 13 nitrogen and oxygen atoms in total. The first-order valence-corrected chi connectivity index (χ1v) is 20.2. The zero-order chi connectivity index (χ0) is 38.8. The van der Waals surface area contributed by atoms with Crippen molar-refractivity contribution in [3.05, 3.63) is 74.5 Å². The molecule has 0 aliphatic carbocycles. The first-order chi connectivity index (χ1) is 27.1. The Bertz CT molecular complexity index is 2420. The van der Waals surface area contributed by atoms with Gasteiger partial charge in [-0.05, 0) is 62.4 Å². The number of aromatic nitrogens is 1. The number of thioether (sulfide) groups is 1. The molecule has 0 radical (unpaired) electrons. The number of H-pyrrole nitrogens is 1. The fraction of sp³-hybridized carbons (Fsp3) is 0.452. The van der Waals surface area contributed by atoms with Gasteiger partial charge in [0.25, 0.3) is 0 Å². The number of methoxy groups -OCH3 is 1. The summed E-state index contributed by atoms with van der Waals surface area (Å²) in [6.45, 7) is 7.81. The highest BCUT2D eigenvalue weighted by Gasteiger charge is 2.59. The molecule has 0 amide bonds. The Kier molecular flexibility index (Phi) is 8.10. The standard InChI is InChI=1S/C42H43N5O8S/c1-18-6-7-25-24(12-18)23-8-10-44-42(40(23)46-25)16-56-39-31-30(38-37(53-17-54-38)20(3)36(31)55-21(4)48)27(9-11-52-41(42)50)47-28(15-43)26-14-22-13-19(2)35(51-5)34(49)29(22)32(45-26)33(39)47/h6-7,12-13,26-28,32-33,39,44-46,49H,8-11,14,16-17H2,1-5H3/t26?,27-,28-,32?,33+,39+,42+/m0/s1. The fourth-order valence-electron chi connectivity index (χ4n) is 10.6. The van der Waals surface area contributed by atoms with E-state index >= 15 is 0 Å². The Morgan fingerprint density at radius 2 is 1.93 bits per heavy atom. The first-order valence-electron chi connectivity index (χ1n) is 19.2. The van der Waals surface area contributed by atoms with Crippen LogP contribution in [0.5, 0.6) is 28.7 Å². The van der Waals surface area contributed by atoms with Crippen molar-refractivity contribution < 1.29 is 38.4 Å². The number of esters is 2. The minimum Gasteiger partial charge on any atom is -0.504 e. The molecule has 2 unspecified atom stereocenters. The van der Waals surface area contributed by atoms with Gasteiger partial charge in [-0.15, -0.1) is 11.8 Å². The molecule has 56 heavy (non-hydrogen) atoms. The van der Waals surface area contributed by atoms with Gasteiger partial charge in [-0.3, -0.25) is 15.0 Å². The Morgan fingerprint density at radius 3 is 2.71 bits per heavy atom. The lowest BCUT2D eigenvalue weighted by molar-refractivity contribution is -0.152. The van der Waals surface area contributed by atoms with Crippen molar-refractivity contribution in [1.29, 1.82) is 5.26 Å². The van der Waals surface area contributed by atoms with Crippen LogP contribution in [0.15, 0.2) is 24.3 Å². The van der Waals surface area contributed by atoms with E-state index in [2.05, 4.69) is 57.8 Å². The van der Waals surface area contributed by atoms with Crippen LogP contribution in [0.2, 0.25) is 0 Å². The highest BCUT2D eigenvalue weighted by molar-refractivity contribution is 7.99. The molecule has 8 heterocycles. The number of fused-ring (bicyclic) bond motifs is 12. The van der Waals surface area contributed by atoms with Gasteiger partial charge in [-0.25, -0.2) is 4.79 Å². The summed E-state index contributed by atoms with van der Waals surface area (Å²) in [5, 5.41) is 31.1. The van der Waals surface area contributed by atoms with E-state index in [4.69, 9.17) is 23.7 Å². The molecule has 0 saturated carbocycles. The van der Waals surface area contributed by atoms with Crippen LogP contribution < -0.4 is 29.6 Å². The molecule has 1 spiro atoms. The molecule has 2 saturated heterocycles. The maximum atomic E-state index is 14.8. The van der Waals surface area contributed by atoms with Crippen molar-refractivity contribution in [3.63, 3.8) is 0 Å². The van der Waals surface area contributed by atoms with Crippen LogP contribution in [0, 0.1) is 32.1 Å². The molecule has 3 aromatic carbocycles. The highest BCUT2D eigenvalue weighted by atomic mass is 32.2. The predicted molar refractivity (Wildman–Crippen MR) is 206 cm³/mol. The minimum absolute atomic E-state index is 0.0143. The van der Waals surface area contributed by atoms with Crippen LogP contribution in [0.4, 0.5) is 0 Å². The van der Waals surface area contributed by atoms with E-state index in [1.807, 2.05) is 13.8 Å². The molecule has 4 N–H and O–H groups in total. The molecule has 4 bridgehead atoms. The lowest BCUT2D eigenvalue weighted by Crippen LogP contribution is -2.68. The smallest absolute Gasteiger partial charge is 0.333 e. The molecular formula is C42H43N5O8S. The van der Waals surface area contributed by atoms with Gasteiger partial charge in [0.05, 0.1) is 36.8 Å². The molecule has 7 atom stereocenters. The van der Waals surface area contributed by atoms with Crippen molar-refractivity contribution in [3.8, 4) is 34.8 Å². The van der Waals surface area contributed by atoms with Crippen molar-refractivity contribution in [2.24, 2.45) is 0 Å². The molecule has 7 aliphatic heterocycles. The summed E-state index contributed by atoms with van der Waals surface area (Å²) in [6.07, 6.45) is 1.56. The first kappa shape index (κ1) is 35.5. The number of rotatable bonds is 2. The van der Waals surface area contributed by atoms with Crippen LogP contribution in [0.25, 0.3) is 10.9 Å². The molecule has 7 aliphatic rings. The summed E-state index contributed by atoms with van der Waals surface area (Å²) in [7, 11) is 1.55. The van der Waals surface area contributed by atoms with Gasteiger partial charge < -0.3 is 39.1 Å². The van der Waals surface area contributed by atoms with Crippen molar-refractivity contribution in [2.75, 3.05) is 32.8 Å². The number of aromatic hydroxyl groups is 1. The van der Waals surface area contributed by atoms with E-state index in [0.717, 1.165) is 62.0 Å². The van der Waals surface area contributed by atoms with E-state index in [1.165, 1.54) is 6.92 Å². The van der Waals surface area contributed by atoms with Gasteiger partial charge in [0, 0.05) is 76.9 Å². The van der Waals surface area contributed by atoms with E-state index in [-0.39, 0.29) is 36.9 Å². The summed E-state index contributed by atoms with van der Waals surface area (Å²) in [5.41, 5.74) is 7.34. The number of nitrogens with one attached hydrogen (secondary N) is 3. The number of hydrogen-bond acceptors (Lipinski definition) is 13.